The first-order valence-electron chi connectivity index (χ1n) is 10.4. The first-order chi connectivity index (χ1) is 16.3. The number of hydrogen-bond acceptors (Lipinski definition) is 9. The van der Waals surface area contributed by atoms with Crippen LogP contribution in [0, 0.1) is 0 Å². The van der Waals surface area contributed by atoms with Gasteiger partial charge in [-0.3, -0.25) is 14.4 Å². The van der Waals surface area contributed by atoms with Gasteiger partial charge in [0.15, 0.2) is 6.61 Å². The molecule has 1 unspecified atom stereocenters. The molecule has 13 heteroatoms. The number of ether oxygens (including phenoxy) is 1. The molecular weight excluding hydrogens is 482 g/mol. The van der Waals surface area contributed by atoms with Crippen LogP contribution in [-0.4, -0.2) is 58.4 Å². The second-order valence-corrected chi connectivity index (χ2v) is 9.97. The lowest BCUT2D eigenvalue weighted by molar-refractivity contribution is -0.152. The molecule has 3 N–H and O–H groups in total. The maximum absolute atomic E-state index is 13.4. The van der Waals surface area contributed by atoms with Crippen molar-refractivity contribution in [1.82, 2.24) is 13.1 Å². The first-order valence-corrected chi connectivity index (χ1v) is 12.5. The number of amides is 2. The fourth-order valence-corrected chi connectivity index (χ4v) is 6.17. The van der Waals surface area contributed by atoms with Crippen molar-refractivity contribution in [3.8, 4) is 0 Å². The van der Waals surface area contributed by atoms with Gasteiger partial charge < -0.3 is 15.8 Å². The van der Waals surface area contributed by atoms with Crippen molar-refractivity contribution in [2.24, 2.45) is 5.73 Å². The van der Waals surface area contributed by atoms with Crippen LogP contribution in [-0.2, 0) is 24.3 Å². The molecule has 1 fully saturated rings. The summed E-state index contributed by atoms with van der Waals surface area (Å²) in [5, 5.41) is 2.47. The number of benzene rings is 2. The summed E-state index contributed by atoms with van der Waals surface area (Å²) in [5.74, 6) is -2.24. The number of para-hydroxylation sites is 1. The number of carbonyl (C=O) groups is 3. The Balaban J connectivity index is 1.47. The van der Waals surface area contributed by atoms with Crippen molar-refractivity contribution in [3.05, 3.63) is 48.0 Å². The number of carbonyl (C=O) groups excluding carboxylic acids is 3. The number of fused-ring (bicyclic) bond motifs is 1. The van der Waals surface area contributed by atoms with Crippen LogP contribution in [0.4, 0.5) is 5.69 Å². The highest BCUT2D eigenvalue weighted by Crippen LogP contribution is 2.30. The summed E-state index contributed by atoms with van der Waals surface area (Å²) >= 11 is 0.904. The van der Waals surface area contributed by atoms with Gasteiger partial charge >= 0.3 is 5.97 Å². The van der Waals surface area contributed by atoms with E-state index in [0.717, 1.165) is 16.0 Å². The van der Waals surface area contributed by atoms with E-state index in [4.69, 9.17) is 10.5 Å². The maximum atomic E-state index is 13.4. The lowest BCUT2D eigenvalue weighted by Crippen LogP contribution is -2.49. The van der Waals surface area contributed by atoms with Crippen LogP contribution >= 0.6 is 11.7 Å². The summed E-state index contributed by atoms with van der Waals surface area (Å²) < 4.78 is 41.3. The smallest absolute Gasteiger partial charge is 0.324 e. The highest BCUT2D eigenvalue weighted by Gasteiger charge is 2.39. The summed E-state index contributed by atoms with van der Waals surface area (Å²) in [6, 6.07) is 9.73. The van der Waals surface area contributed by atoms with Crippen molar-refractivity contribution in [1.29, 1.82) is 0 Å². The fraction of sp³-hybridized carbons (Fsp3) is 0.286. The summed E-state index contributed by atoms with van der Waals surface area (Å²) in [7, 11) is -4.07. The van der Waals surface area contributed by atoms with Gasteiger partial charge in [0.05, 0.1) is 23.0 Å². The third kappa shape index (κ3) is 4.76. The lowest BCUT2D eigenvalue weighted by atomic mass is 10.1. The predicted octanol–water partition coefficient (Wildman–Crippen LogP) is 1.52. The lowest BCUT2D eigenvalue weighted by Gasteiger charge is -2.32. The van der Waals surface area contributed by atoms with Crippen LogP contribution < -0.4 is 11.1 Å². The Labute approximate surface area is 199 Å². The van der Waals surface area contributed by atoms with E-state index < -0.39 is 40.5 Å². The molecule has 1 aliphatic heterocycles. The van der Waals surface area contributed by atoms with Gasteiger partial charge in [0.1, 0.15) is 22.0 Å². The van der Waals surface area contributed by atoms with E-state index in [-0.39, 0.29) is 34.6 Å². The average Bonchev–Trinajstić information content (AvgIpc) is 3.31. The van der Waals surface area contributed by atoms with Crippen molar-refractivity contribution in [2.75, 3.05) is 18.5 Å². The van der Waals surface area contributed by atoms with Crippen molar-refractivity contribution in [2.45, 2.75) is 30.2 Å². The summed E-state index contributed by atoms with van der Waals surface area (Å²) in [6.07, 6.45) is 1.47. The molecule has 3 aromatic rings. The van der Waals surface area contributed by atoms with E-state index in [1.54, 1.807) is 24.3 Å². The molecule has 1 saturated heterocycles. The molecule has 2 aromatic carbocycles. The maximum Gasteiger partial charge on any atom is 0.324 e. The number of esters is 1. The number of anilines is 1. The summed E-state index contributed by atoms with van der Waals surface area (Å²) in [4.78, 5) is 36.6. The zero-order chi connectivity index (χ0) is 24.3. The quantitative estimate of drug-likeness (QED) is 0.459. The average molecular weight is 504 g/mol. The molecule has 2 amide bonds. The zero-order valence-electron chi connectivity index (χ0n) is 17.8. The standard InChI is InChI=1S/C21H21N5O6S2/c22-20(28)13-6-1-2-7-14(13)23-18(27)12-32-21(29)16-9-3-4-11-26(16)34(30,31)17-10-5-8-15-19(17)25-33-24-15/h1-2,5-8,10,16H,3-4,9,11-12H2,(H2,22,28)(H,23,27). The minimum Gasteiger partial charge on any atom is -0.454 e. The topological polar surface area (TPSA) is 162 Å². The van der Waals surface area contributed by atoms with Gasteiger partial charge in [0.2, 0.25) is 10.0 Å². The minimum atomic E-state index is -4.07. The van der Waals surface area contributed by atoms with Crippen molar-refractivity contribution in [3.63, 3.8) is 0 Å². The Morgan fingerprint density at radius 1 is 1.12 bits per heavy atom. The number of nitrogens with one attached hydrogen (secondary N) is 1. The molecule has 1 aromatic heterocycles. The third-order valence-corrected chi connectivity index (χ3v) is 7.86. The van der Waals surface area contributed by atoms with E-state index >= 15 is 0 Å². The van der Waals surface area contributed by atoms with Crippen molar-refractivity contribution < 1.29 is 27.5 Å². The van der Waals surface area contributed by atoms with Crippen LogP contribution in [0.5, 0.6) is 0 Å². The second kappa shape index (κ2) is 9.83. The number of sulfonamides is 1. The molecule has 11 nitrogen and oxygen atoms in total. The molecule has 1 aliphatic rings. The number of hydrogen-bond donors (Lipinski definition) is 2. The Kier molecular flexibility index (Phi) is 6.86. The van der Waals surface area contributed by atoms with Gasteiger partial charge in [0.25, 0.3) is 11.8 Å². The molecule has 0 radical (unpaired) electrons. The van der Waals surface area contributed by atoms with Crippen LogP contribution in [0.25, 0.3) is 11.0 Å². The Hall–Kier alpha value is -3.42. The largest absolute Gasteiger partial charge is 0.454 e. The zero-order valence-corrected chi connectivity index (χ0v) is 19.5. The Morgan fingerprint density at radius 2 is 1.91 bits per heavy atom. The molecule has 178 valence electrons. The van der Waals surface area contributed by atoms with Crippen LogP contribution in [0.3, 0.4) is 0 Å². The Bertz CT molecular complexity index is 1360. The highest BCUT2D eigenvalue weighted by atomic mass is 32.2. The molecule has 0 spiro atoms. The number of piperidine rings is 1. The molecule has 0 aliphatic carbocycles. The van der Waals surface area contributed by atoms with E-state index in [0.29, 0.717) is 18.4 Å². The normalized spacial score (nSPS) is 16.8. The molecule has 0 bridgehead atoms. The van der Waals surface area contributed by atoms with Gasteiger partial charge in [0, 0.05) is 6.54 Å². The fourth-order valence-electron chi connectivity index (χ4n) is 3.77. The van der Waals surface area contributed by atoms with E-state index in [2.05, 4.69) is 14.1 Å². The van der Waals surface area contributed by atoms with Gasteiger partial charge in [-0.25, -0.2) is 8.42 Å². The van der Waals surface area contributed by atoms with E-state index in [9.17, 15) is 22.8 Å². The summed E-state index contributed by atoms with van der Waals surface area (Å²) in [5.41, 5.74) is 6.29. The van der Waals surface area contributed by atoms with Gasteiger partial charge in [-0.2, -0.15) is 13.1 Å². The second-order valence-electron chi connectivity index (χ2n) is 7.58. The molecule has 1 atom stereocenters. The van der Waals surface area contributed by atoms with Crippen LogP contribution in [0.2, 0.25) is 0 Å². The molecule has 34 heavy (non-hydrogen) atoms. The first kappa shape index (κ1) is 23.7. The SMILES string of the molecule is NC(=O)c1ccccc1NC(=O)COC(=O)C1CCCCN1S(=O)(=O)c1cccc2nsnc12. The molecule has 2 heterocycles. The molecular formula is C21H21N5O6S2. The molecule has 4 rings (SSSR count). The monoisotopic (exact) mass is 503 g/mol. The predicted molar refractivity (Wildman–Crippen MR) is 123 cm³/mol. The number of primary amides is 1. The number of aromatic nitrogens is 2. The van der Waals surface area contributed by atoms with Crippen LogP contribution in [0.1, 0.15) is 29.6 Å². The van der Waals surface area contributed by atoms with E-state index in [1.165, 1.54) is 18.2 Å². The van der Waals surface area contributed by atoms with Crippen molar-refractivity contribution >= 4 is 56.3 Å². The minimum absolute atomic E-state index is 0.0285. The highest BCUT2D eigenvalue weighted by molar-refractivity contribution is 7.89. The van der Waals surface area contributed by atoms with Crippen LogP contribution in [0.15, 0.2) is 47.4 Å². The number of nitrogens with two attached hydrogens (primary N) is 1. The van der Waals surface area contributed by atoms with E-state index in [1.807, 2.05) is 0 Å². The molecule has 0 saturated carbocycles. The summed E-state index contributed by atoms with van der Waals surface area (Å²) in [6.45, 7) is -0.518. The number of nitrogens with zero attached hydrogens (tertiary/aromatic N) is 3. The number of rotatable bonds is 7. The van der Waals surface area contributed by atoms with Gasteiger partial charge in [-0.05, 0) is 43.5 Å². The van der Waals surface area contributed by atoms with Gasteiger partial charge in [-0.1, -0.05) is 18.2 Å². The third-order valence-electron chi connectivity index (χ3n) is 5.37. The Morgan fingerprint density at radius 3 is 2.71 bits per heavy atom. The van der Waals surface area contributed by atoms with Gasteiger partial charge in [-0.15, -0.1) is 0 Å².